The lowest BCUT2D eigenvalue weighted by Gasteiger charge is -2.37. The minimum Gasteiger partial charge on any atom is -0.368 e. The van der Waals surface area contributed by atoms with Gasteiger partial charge in [-0.15, -0.1) is 0 Å². The third-order valence-electron chi connectivity index (χ3n) is 6.42. The van der Waals surface area contributed by atoms with Gasteiger partial charge in [0.15, 0.2) is 0 Å². The maximum absolute atomic E-state index is 5.07. The van der Waals surface area contributed by atoms with Crippen LogP contribution in [0, 0.1) is 6.92 Å². The van der Waals surface area contributed by atoms with E-state index in [0.29, 0.717) is 0 Å². The lowest BCUT2D eigenvalue weighted by atomic mass is 10.2. The van der Waals surface area contributed by atoms with Crippen LogP contribution in [0.5, 0.6) is 0 Å². The summed E-state index contributed by atoms with van der Waals surface area (Å²) in [7, 11) is 0. The molecule has 0 saturated carbocycles. The SMILES string of the molecule is Cc1cccc(N2CCN(c3ccc4ccn(CCN5CCCC5)c4n3)CC2)c1. The molecule has 3 aromatic rings. The summed E-state index contributed by atoms with van der Waals surface area (Å²) in [5.74, 6) is 1.11. The Balaban J connectivity index is 1.27. The number of hydrogen-bond donors (Lipinski definition) is 0. The summed E-state index contributed by atoms with van der Waals surface area (Å²) in [6.07, 6.45) is 4.90. The maximum atomic E-state index is 5.07. The molecule has 4 heterocycles. The number of piperazine rings is 1. The molecule has 1 aromatic carbocycles. The minimum atomic E-state index is 1.01. The average molecular weight is 390 g/mol. The molecule has 0 spiro atoms. The Labute approximate surface area is 173 Å². The Morgan fingerprint density at radius 1 is 0.828 bits per heavy atom. The van der Waals surface area contributed by atoms with Gasteiger partial charge in [-0.2, -0.15) is 0 Å². The second-order valence-electron chi connectivity index (χ2n) is 8.45. The largest absolute Gasteiger partial charge is 0.368 e. The fraction of sp³-hybridized carbons (Fsp3) is 0.458. The Bertz CT molecular complexity index is 964. The van der Waals surface area contributed by atoms with Crippen molar-refractivity contribution in [3.05, 3.63) is 54.2 Å². The number of aryl methyl sites for hydroxylation is 1. The van der Waals surface area contributed by atoms with E-state index >= 15 is 0 Å². The van der Waals surface area contributed by atoms with Crippen LogP contribution in [-0.4, -0.2) is 60.3 Å². The molecule has 2 fully saturated rings. The molecule has 0 amide bonds. The number of rotatable bonds is 5. The van der Waals surface area contributed by atoms with Gasteiger partial charge in [0.05, 0.1) is 0 Å². The number of aromatic nitrogens is 2. The molecule has 0 atom stereocenters. The number of hydrogen-bond acceptors (Lipinski definition) is 4. The van der Waals surface area contributed by atoms with Gasteiger partial charge in [-0.1, -0.05) is 12.1 Å². The van der Waals surface area contributed by atoms with Crippen LogP contribution in [0.2, 0.25) is 0 Å². The van der Waals surface area contributed by atoms with Crippen LogP contribution in [0.15, 0.2) is 48.7 Å². The Morgan fingerprint density at radius 2 is 1.62 bits per heavy atom. The highest BCUT2D eigenvalue weighted by Gasteiger charge is 2.19. The lowest BCUT2D eigenvalue weighted by molar-refractivity contribution is 0.324. The van der Waals surface area contributed by atoms with E-state index in [2.05, 4.69) is 74.9 Å². The first-order chi connectivity index (χ1) is 14.3. The fourth-order valence-electron chi connectivity index (χ4n) is 4.68. The van der Waals surface area contributed by atoms with Crippen molar-refractivity contribution in [2.24, 2.45) is 0 Å². The lowest BCUT2D eigenvalue weighted by Crippen LogP contribution is -2.46. The summed E-state index contributed by atoms with van der Waals surface area (Å²) in [5.41, 5.74) is 3.79. The number of pyridine rings is 1. The molecular formula is C24H31N5. The Morgan fingerprint density at radius 3 is 2.41 bits per heavy atom. The number of benzene rings is 1. The smallest absolute Gasteiger partial charge is 0.142 e. The van der Waals surface area contributed by atoms with Gasteiger partial charge in [0.1, 0.15) is 11.5 Å². The van der Waals surface area contributed by atoms with Gasteiger partial charge in [-0.05, 0) is 68.8 Å². The molecule has 5 heteroatoms. The molecule has 2 saturated heterocycles. The van der Waals surface area contributed by atoms with E-state index in [1.54, 1.807) is 0 Å². The van der Waals surface area contributed by atoms with Crippen molar-refractivity contribution >= 4 is 22.5 Å². The topological polar surface area (TPSA) is 27.5 Å². The molecule has 2 aliphatic rings. The number of anilines is 2. The second kappa shape index (κ2) is 8.07. The molecule has 152 valence electrons. The molecule has 2 aromatic heterocycles. The summed E-state index contributed by atoms with van der Waals surface area (Å²) in [6, 6.07) is 15.5. The van der Waals surface area contributed by atoms with Crippen molar-refractivity contribution < 1.29 is 0 Å². The van der Waals surface area contributed by atoms with Crippen molar-refractivity contribution in [3.8, 4) is 0 Å². The van der Waals surface area contributed by atoms with Crippen molar-refractivity contribution in [1.29, 1.82) is 0 Å². The third-order valence-corrected chi connectivity index (χ3v) is 6.42. The average Bonchev–Trinajstić information content (AvgIpc) is 3.42. The van der Waals surface area contributed by atoms with Crippen LogP contribution in [0.1, 0.15) is 18.4 Å². The molecule has 0 unspecified atom stereocenters. The highest BCUT2D eigenvalue weighted by molar-refractivity contribution is 5.78. The highest BCUT2D eigenvalue weighted by atomic mass is 15.3. The second-order valence-corrected chi connectivity index (χ2v) is 8.45. The van der Waals surface area contributed by atoms with E-state index in [9.17, 15) is 0 Å². The first kappa shape index (κ1) is 18.5. The van der Waals surface area contributed by atoms with Crippen molar-refractivity contribution in [2.45, 2.75) is 26.3 Å². The van der Waals surface area contributed by atoms with Crippen molar-refractivity contribution in [2.75, 3.05) is 55.6 Å². The van der Waals surface area contributed by atoms with E-state index in [1.165, 1.54) is 42.6 Å². The summed E-state index contributed by atoms with van der Waals surface area (Å²) in [4.78, 5) is 12.6. The summed E-state index contributed by atoms with van der Waals surface area (Å²) in [6.45, 7) is 10.9. The Kier molecular flexibility index (Phi) is 5.15. The zero-order valence-corrected chi connectivity index (χ0v) is 17.4. The summed E-state index contributed by atoms with van der Waals surface area (Å²) in [5, 5.41) is 1.24. The maximum Gasteiger partial charge on any atom is 0.142 e. The van der Waals surface area contributed by atoms with Gasteiger partial charge < -0.3 is 19.3 Å². The van der Waals surface area contributed by atoms with Crippen molar-refractivity contribution in [3.63, 3.8) is 0 Å². The first-order valence-corrected chi connectivity index (χ1v) is 11.0. The third kappa shape index (κ3) is 3.97. The zero-order valence-electron chi connectivity index (χ0n) is 17.4. The molecule has 0 N–H and O–H groups in total. The molecule has 0 aliphatic carbocycles. The van der Waals surface area contributed by atoms with Gasteiger partial charge in [0.2, 0.25) is 0 Å². The van der Waals surface area contributed by atoms with Gasteiger partial charge in [0.25, 0.3) is 0 Å². The molecule has 5 rings (SSSR count). The van der Waals surface area contributed by atoms with Crippen LogP contribution in [-0.2, 0) is 6.54 Å². The van der Waals surface area contributed by atoms with Crippen LogP contribution >= 0.6 is 0 Å². The minimum absolute atomic E-state index is 1.01. The quantitative estimate of drug-likeness (QED) is 0.664. The molecular weight excluding hydrogens is 358 g/mol. The first-order valence-electron chi connectivity index (χ1n) is 11.0. The predicted octanol–water partition coefficient (Wildman–Crippen LogP) is 3.77. The zero-order chi connectivity index (χ0) is 19.6. The monoisotopic (exact) mass is 389 g/mol. The van der Waals surface area contributed by atoms with Gasteiger partial charge in [0, 0.05) is 56.5 Å². The van der Waals surface area contributed by atoms with Crippen molar-refractivity contribution in [1.82, 2.24) is 14.5 Å². The van der Waals surface area contributed by atoms with Crippen LogP contribution < -0.4 is 9.80 Å². The van der Waals surface area contributed by atoms with E-state index in [1.807, 2.05) is 0 Å². The summed E-state index contributed by atoms with van der Waals surface area (Å²) < 4.78 is 2.33. The molecule has 29 heavy (non-hydrogen) atoms. The Hall–Kier alpha value is -2.53. The van der Waals surface area contributed by atoms with E-state index in [-0.39, 0.29) is 0 Å². The molecule has 0 bridgehead atoms. The van der Waals surface area contributed by atoms with Gasteiger partial charge in [-0.25, -0.2) is 4.98 Å². The number of fused-ring (bicyclic) bond motifs is 1. The highest BCUT2D eigenvalue weighted by Crippen LogP contribution is 2.23. The number of nitrogens with zero attached hydrogens (tertiary/aromatic N) is 5. The van der Waals surface area contributed by atoms with Gasteiger partial charge in [-0.3, -0.25) is 0 Å². The molecule has 5 nitrogen and oxygen atoms in total. The van der Waals surface area contributed by atoms with Crippen LogP contribution in [0.25, 0.3) is 11.0 Å². The van der Waals surface area contributed by atoms with Crippen LogP contribution in [0.3, 0.4) is 0 Å². The van der Waals surface area contributed by atoms with Gasteiger partial charge >= 0.3 is 0 Å². The fourth-order valence-corrected chi connectivity index (χ4v) is 4.68. The summed E-state index contributed by atoms with van der Waals surface area (Å²) >= 11 is 0. The predicted molar refractivity (Wildman–Crippen MR) is 121 cm³/mol. The normalized spacial score (nSPS) is 18.1. The molecule has 0 radical (unpaired) electrons. The standard InChI is InChI=1S/C24H31N5/c1-20-5-4-6-22(19-20)27-15-17-28(18-16-27)23-8-7-21-9-12-29(24(21)25-23)14-13-26-10-2-3-11-26/h4-9,12,19H,2-3,10-11,13-18H2,1H3. The molecule has 2 aliphatic heterocycles. The van der Waals surface area contributed by atoms with E-state index in [4.69, 9.17) is 4.98 Å². The van der Waals surface area contributed by atoms with E-state index < -0.39 is 0 Å². The number of likely N-dealkylation sites (tertiary alicyclic amines) is 1. The van der Waals surface area contributed by atoms with Crippen LogP contribution in [0.4, 0.5) is 11.5 Å². The van der Waals surface area contributed by atoms with E-state index in [0.717, 1.165) is 50.7 Å².